The van der Waals surface area contributed by atoms with E-state index in [9.17, 15) is 13.2 Å². The molecule has 0 radical (unpaired) electrons. The molecule has 0 saturated carbocycles. The van der Waals surface area contributed by atoms with E-state index in [1.54, 1.807) is 12.3 Å². The topological polar surface area (TPSA) is 17.8 Å². The zero-order chi connectivity index (χ0) is 14.2. The van der Waals surface area contributed by atoms with Crippen LogP contribution >= 0.6 is 0 Å². The third-order valence-corrected chi connectivity index (χ3v) is 3.12. The second-order valence-electron chi connectivity index (χ2n) is 4.56. The van der Waals surface area contributed by atoms with Gasteiger partial charge in [0.15, 0.2) is 0 Å². The SMILES string of the molecule is FC(F)(F)c1cnc2c(ccn2Cc2ccccc2)c1. The molecule has 0 amide bonds. The molecule has 5 heteroatoms. The highest BCUT2D eigenvalue weighted by Crippen LogP contribution is 2.30. The van der Waals surface area contributed by atoms with Crippen molar-refractivity contribution in [3.8, 4) is 0 Å². The number of pyridine rings is 1. The maximum Gasteiger partial charge on any atom is 0.417 e. The highest BCUT2D eigenvalue weighted by Gasteiger charge is 2.31. The van der Waals surface area contributed by atoms with Gasteiger partial charge in [-0.3, -0.25) is 0 Å². The third-order valence-electron chi connectivity index (χ3n) is 3.12. The van der Waals surface area contributed by atoms with Crippen molar-refractivity contribution < 1.29 is 13.2 Å². The van der Waals surface area contributed by atoms with Crippen LogP contribution in [0.15, 0.2) is 54.9 Å². The Labute approximate surface area is 113 Å². The lowest BCUT2D eigenvalue weighted by molar-refractivity contribution is -0.137. The number of benzene rings is 1. The van der Waals surface area contributed by atoms with E-state index in [-0.39, 0.29) is 0 Å². The number of nitrogens with zero attached hydrogens (tertiary/aromatic N) is 2. The van der Waals surface area contributed by atoms with Crippen LogP contribution in [0.25, 0.3) is 11.0 Å². The molecule has 3 rings (SSSR count). The molecule has 0 unspecified atom stereocenters. The van der Waals surface area contributed by atoms with Crippen LogP contribution in [0.1, 0.15) is 11.1 Å². The van der Waals surface area contributed by atoms with Gasteiger partial charge in [-0.05, 0) is 17.7 Å². The first-order chi connectivity index (χ1) is 9.54. The highest BCUT2D eigenvalue weighted by molar-refractivity contribution is 5.76. The lowest BCUT2D eigenvalue weighted by Gasteiger charge is -2.07. The fourth-order valence-electron chi connectivity index (χ4n) is 2.14. The molecule has 0 spiro atoms. The van der Waals surface area contributed by atoms with Crippen molar-refractivity contribution in [2.24, 2.45) is 0 Å². The summed E-state index contributed by atoms with van der Waals surface area (Å²) >= 11 is 0. The largest absolute Gasteiger partial charge is 0.417 e. The monoisotopic (exact) mass is 276 g/mol. The number of hydrogen-bond acceptors (Lipinski definition) is 1. The van der Waals surface area contributed by atoms with E-state index < -0.39 is 11.7 Å². The molecule has 0 fully saturated rings. The first-order valence-corrected chi connectivity index (χ1v) is 6.10. The van der Waals surface area contributed by atoms with Crippen molar-refractivity contribution in [1.82, 2.24) is 9.55 Å². The molecule has 0 aliphatic heterocycles. The number of aromatic nitrogens is 2. The first-order valence-electron chi connectivity index (χ1n) is 6.10. The Balaban J connectivity index is 1.98. The summed E-state index contributed by atoms with van der Waals surface area (Å²) in [5.74, 6) is 0. The maximum absolute atomic E-state index is 12.6. The summed E-state index contributed by atoms with van der Waals surface area (Å²) in [6, 6.07) is 12.5. The second kappa shape index (κ2) is 4.67. The molecule has 2 aromatic heterocycles. The Morgan fingerprint density at radius 2 is 1.80 bits per heavy atom. The summed E-state index contributed by atoms with van der Waals surface area (Å²) in [4.78, 5) is 3.95. The average Bonchev–Trinajstić information content (AvgIpc) is 2.81. The van der Waals surface area contributed by atoms with Crippen molar-refractivity contribution >= 4 is 11.0 Å². The fourth-order valence-corrected chi connectivity index (χ4v) is 2.14. The molecule has 1 aromatic carbocycles. The van der Waals surface area contributed by atoms with Gasteiger partial charge in [0.2, 0.25) is 0 Å². The van der Waals surface area contributed by atoms with Gasteiger partial charge in [-0.25, -0.2) is 4.98 Å². The van der Waals surface area contributed by atoms with Gasteiger partial charge < -0.3 is 4.57 Å². The number of fused-ring (bicyclic) bond motifs is 1. The van der Waals surface area contributed by atoms with Crippen LogP contribution in [-0.2, 0) is 12.7 Å². The van der Waals surface area contributed by atoms with E-state index in [1.807, 2.05) is 34.9 Å². The molecular weight excluding hydrogens is 265 g/mol. The Morgan fingerprint density at radius 3 is 2.50 bits per heavy atom. The number of halogens is 3. The van der Waals surface area contributed by atoms with E-state index in [4.69, 9.17) is 0 Å². The number of hydrogen-bond donors (Lipinski definition) is 0. The van der Waals surface area contributed by atoms with Crippen LogP contribution in [0.2, 0.25) is 0 Å². The van der Waals surface area contributed by atoms with Crippen LogP contribution in [-0.4, -0.2) is 9.55 Å². The Hall–Kier alpha value is -2.30. The molecule has 0 bridgehead atoms. The van der Waals surface area contributed by atoms with E-state index in [1.165, 1.54) is 0 Å². The Kier molecular flexibility index (Phi) is 2.97. The third kappa shape index (κ3) is 2.39. The molecule has 0 aliphatic rings. The van der Waals surface area contributed by atoms with Gasteiger partial charge in [0, 0.05) is 24.3 Å². The lowest BCUT2D eigenvalue weighted by Crippen LogP contribution is -2.06. The molecule has 2 nitrogen and oxygen atoms in total. The van der Waals surface area contributed by atoms with Crippen LogP contribution in [0.5, 0.6) is 0 Å². The molecule has 20 heavy (non-hydrogen) atoms. The summed E-state index contributed by atoms with van der Waals surface area (Å²) in [6.07, 6.45) is -1.72. The summed E-state index contributed by atoms with van der Waals surface area (Å²) in [5.41, 5.74) is 0.913. The fraction of sp³-hybridized carbons (Fsp3) is 0.133. The van der Waals surface area contributed by atoms with Crippen molar-refractivity contribution in [3.63, 3.8) is 0 Å². The summed E-state index contributed by atoms with van der Waals surface area (Å²) in [5, 5.41) is 0.496. The molecule has 102 valence electrons. The summed E-state index contributed by atoms with van der Waals surface area (Å²) < 4.78 is 39.7. The Morgan fingerprint density at radius 1 is 1.05 bits per heavy atom. The van der Waals surface area contributed by atoms with Crippen LogP contribution in [0.4, 0.5) is 13.2 Å². The van der Waals surface area contributed by atoms with E-state index in [0.717, 1.165) is 17.8 Å². The molecule has 2 heterocycles. The standard InChI is InChI=1S/C15H11F3N2/c16-15(17,18)13-8-12-6-7-20(14(12)19-9-13)10-11-4-2-1-3-5-11/h1-9H,10H2. The first kappa shape index (κ1) is 12.7. The van der Waals surface area contributed by atoms with E-state index in [0.29, 0.717) is 17.6 Å². The molecule has 0 aliphatic carbocycles. The zero-order valence-corrected chi connectivity index (χ0v) is 10.4. The van der Waals surface area contributed by atoms with Crippen molar-refractivity contribution in [1.29, 1.82) is 0 Å². The highest BCUT2D eigenvalue weighted by atomic mass is 19.4. The van der Waals surface area contributed by atoms with Crippen molar-refractivity contribution in [2.75, 3.05) is 0 Å². The predicted octanol–water partition coefficient (Wildman–Crippen LogP) is 4.10. The predicted molar refractivity (Wildman–Crippen MR) is 70.3 cm³/mol. The van der Waals surface area contributed by atoms with Crippen molar-refractivity contribution in [3.05, 3.63) is 66.0 Å². The number of rotatable bonds is 2. The second-order valence-corrected chi connectivity index (χ2v) is 4.56. The zero-order valence-electron chi connectivity index (χ0n) is 10.4. The van der Waals surface area contributed by atoms with Crippen LogP contribution in [0, 0.1) is 0 Å². The van der Waals surface area contributed by atoms with Gasteiger partial charge in [-0.15, -0.1) is 0 Å². The van der Waals surface area contributed by atoms with Crippen molar-refractivity contribution in [2.45, 2.75) is 12.7 Å². The number of alkyl halides is 3. The van der Waals surface area contributed by atoms with Crippen LogP contribution in [0.3, 0.4) is 0 Å². The van der Waals surface area contributed by atoms with Gasteiger partial charge in [0.25, 0.3) is 0 Å². The van der Waals surface area contributed by atoms with Gasteiger partial charge in [-0.2, -0.15) is 13.2 Å². The van der Waals surface area contributed by atoms with Gasteiger partial charge >= 0.3 is 6.18 Å². The minimum atomic E-state index is -4.36. The average molecular weight is 276 g/mol. The molecular formula is C15H11F3N2. The Bertz CT molecular complexity index is 730. The van der Waals surface area contributed by atoms with Crippen LogP contribution < -0.4 is 0 Å². The smallest absolute Gasteiger partial charge is 0.328 e. The van der Waals surface area contributed by atoms with E-state index >= 15 is 0 Å². The molecule has 0 atom stereocenters. The normalized spacial score (nSPS) is 11.9. The quantitative estimate of drug-likeness (QED) is 0.689. The maximum atomic E-state index is 12.6. The molecule has 0 N–H and O–H groups in total. The lowest BCUT2D eigenvalue weighted by atomic mass is 10.2. The van der Waals surface area contributed by atoms with E-state index in [2.05, 4.69) is 4.98 Å². The molecule has 0 saturated heterocycles. The van der Waals surface area contributed by atoms with Gasteiger partial charge in [0.05, 0.1) is 5.56 Å². The minimum absolute atomic E-state index is 0.496. The van der Waals surface area contributed by atoms with Gasteiger partial charge in [0.1, 0.15) is 5.65 Å². The van der Waals surface area contributed by atoms with Gasteiger partial charge in [-0.1, -0.05) is 30.3 Å². The summed E-state index contributed by atoms with van der Waals surface area (Å²) in [6.45, 7) is 0.586. The minimum Gasteiger partial charge on any atom is -0.328 e. The summed E-state index contributed by atoms with van der Waals surface area (Å²) in [7, 11) is 0. The molecule has 3 aromatic rings.